The van der Waals surface area contributed by atoms with Crippen LogP contribution in [0.15, 0.2) is 12.1 Å². The van der Waals surface area contributed by atoms with Crippen LogP contribution in [0.5, 0.6) is 17.2 Å². The number of ketones is 1. The van der Waals surface area contributed by atoms with Gasteiger partial charge < -0.3 is 14.2 Å². The van der Waals surface area contributed by atoms with Crippen LogP contribution in [0.4, 0.5) is 0 Å². The molecule has 0 aliphatic carbocycles. The predicted molar refractivity (Wildman–Crippen MR) is 77.2 cm³/mol. The molecule has 0 amide bonds. The molecule has 1 heterocycles. The molecule has 1 aliphatic heterocycles. The highest BCUT2D eigenvalue weighted by atomic mass is 32.2. The molecule has 116 valence electrons. The van der Waals surface area contributed by atoms with E-state index in [4.69, 9.17) is 14.2 Å². The molecule has 0 saturated carbocycles. The van der Waals surface area contributed by atoms with E-state index in [1.807, 2.05) is 0 Å². The van der Waals surface area contributed by atoms with Gasteiger partial charge >= 0.3 is 0 Å². The molecule has 0 bridgehead atoms. The fraction of sp³-hybridized carbons (Fsp3) is 0.500. The normalized spacial score (nSPS) is 20.0. The lowest BCUT2D eigenvalue weighted by Gasteiger charge is -2.15. The number of sulfone groups is 1. The first-order chi connectivity index (χ1) is 9.91. The number of hydrogen-bond acceptors (Lipinski definition) is 6. The average molecular weight is 314 g/mol. The lowest BCUT2D eigenvalue weighted by atomic mass is 9.96. The summed E-state index contributed by atoms with van der Waals surface area (Å²) in [6.45, 7) is 0. The lowest BCUT2D eigenvalue weighted by Crippen LogP contribution is -2.16. The first-order valence-electron chi connectivity index (χ1n) is 6.46. The number of methoxy groups -OCH3 is 3. The van der Waals surface area contributed by atoms with Gasteiger partial charge in [0.25, 0.3) is 0 Å². The van der Waals surface area contributed by atoms with E-state index in [9.17, 15) is 13.2 Å². The summed E-state index contributed by atoms with van der Waals surface area (Å²) >= 11 is 0. The van der Waals surface area contributed by atoms with Gasteiger partial charge in [0, 0.05) is 11.5 Å². The second kappa shape index (κ2) is 5.93. The van der Waals surface area contributed by atoms with Crippen LogP contribution in [0, 0.1) is 5.92 Å². The quantitative estimate of drug-likeness (QED) is 0.763. The Bertz CT molecular complexity index is 624. The van der Waals surface area contributed by atoms with Gasteiger partial charge in [-0.3, -0.25) is 4.79 Å². The van der Waals surface area contributed by atoms with Crippen molar-refractivity contribution < 1.29 is 27.4 Å². The summed E-state index contributed by atoms with van der Waals surface area (Å²) in [5.41, 5.74) is 0.367. The van der Waals surface area contributed by atoms with Crippen molar-refractivity contribution in [1.82, 2.24) is 0 Å². The monoisotopic (exact) mass is 314 g/mol. The SMILES string of the molecule is COc1cc(C(=O)C2CCS(=O)(=O)C2)cc(OC)c1OC. The Morgan fingerprint density at radius 2 is 1.67 bits per heavy atom. The molecule has 2 rings (SSSR count). The predicted octanol–water partition coefficient (Wildman–Crippen LogP) is 1.33. The van der Waals surface area contributed by atoms with Gasteiger partial charge in [0.05, 0.1) is 32.8 Å². The van der Waals surface area contributed by atoms with Gasteiger partial charge in [-0.1, -0.05) is 0 Å². The van der Waals surface area contributed by atoms with Crippen LogP contribution in [0.25, 0.3) is 0 Å². The second-order valence-electron chi connectivity index (χ2n) is 4.88. The number of hydrogen-bond donors (Lipinski definition) is 0. The van der Waals surface area contributed by atoms with Gasteiger partial charge in [0.15, 0.2) is 27.1 Å². The summed E-state index contributed by atoms with van der Waals surface area (Å²) in [5, 5.41) is 0. The maximum absolute atomic E-state index is 12.5. The van der Waals surface area contributed by atoms with Crippen LogP contribution in [-0.4, -0.2) is 47.0 Å². The maximum atomic E-state index is 12.5. The molecule has 6 nitrogen and oxygen atoms in total. The number of Topliss-reactive ketones (excluding diaryl/α,β-unsaturated/α-hetero) is 1. The van der Waals surface area contributed by atoms with Crippen LogP contribution >= 0.6 is 0 Å². The Kier molecular flexibility index (Phi) is 4.41. The van der Waals surface area contributed by atoms with Crippen molar-refractivity contribution in [3.05, 3.63) is 17.7 Å². The zero-order chi connectivity index (χ0) is 15.6. The molecule has 1 fully saturated rings. The molecule has 7 heteroatoms. The first-order valence-corrected chi connectivity index (χ1v) is 8.28. The van der Waals surface area contributed by atoms with Crippen molar-refractivity contribution in [3.8, 4) is 17.2 Å². The van der Waals surface area contributed by atoms with Crippen molar-refractivity contribution in [3.63, 3.8) is 0 Å². The van der Waals surface area contributed by atoms with E-state index in [0.29, 0.717) is 29.2 Å². The van der Waals surface area contributed by atoms with E-state index >= 15 is 0 Å². The zero-order valence-electron chi connectivity index (χ0n) is 12.2. The van der Waals surface area contributed by atoms with Crippen molar-refractivity contribution in [2.45, 2.75) is 6.42 Å². The molecule has 0 radical (unpaired) electrons. The topological polar surface area (TPSA) is 78.9 Å². The summed E-state index contributed by atoms with van der Waals surface area (Å²) in [7, 11) is 1.30. The van der Waals surface area contributed by atoms with Gasteiger partial charge in [-0.05, 0) is 18.6 Å². The highest BCUT2D eigenvalue weighted by Gasteiger charge is 2.34. The molecule has 1 aliphatic rings. The third kappa shape index (κ3) is 3.12. The van der Waals surface area contributed by atoms with E-state index < -0.39 is 15.8 Å². The Balaban J connectivity index is 2.38. The summed E-state index contributed by atoms with van der Waals surface area (Å²) < 4.78 is 38.6. The highest BCUT2D eigenvalue weighted by Crippen LogP contribution is 2.39. The summed E-state index contributed by atoms with van der Waals surface area (Å²) in [4.78, 5) is 12.5. The van der Waals surface area contributed by atoms with Crippen LogP contribution in [-0.2, 0) is 9.84 Å². The average Bonchev–Trinajstić information content (AvgIpc) is 2.84. The Labute approximate surface area is 123 Å². The molecular weight excluding hydrogens is 296 g/mol. The molecule has 1 atom stereocenters. The minimum atomic E-state index is -3.10. The first kappa shape index (κ1) is 15.6. The van der Waals surface area contributed by atoms with Gasteiger partial charge in [0.2, 0.25) is 5.75 Å². The van der Waals surface area contributed by atoms with E-state index in [0.717, 1.165) is 0 Å². The molecular formula is C14H18O6S. The number of benzene rings is 1. The molecule has 1 saturated heterocycles. The highest BCUT2D eigenvalue weighted by molar-refractivity contribution is 7.91. The molecule has 21 heavy (non-hydrogen) atoms. The molecule has 1 unspecified atom stereocenters. The van der Waals surface area contributed by atoms with Gasteiger partial charge in [-0.25, -0.2) is 8.42 Å². The Morgan fingerprint density at radius 1 is 1.10 bits per heavy atom. The number of carbonyl (C=O) groups excluding carboxylic acids is 1. The van der Waals surface area contributed by atoms with E-state index in [2.05, 4.69) is 0 Å². The van der Waals surface area contributed by atoms with Crippen LogP contribution in [0.2, 0.25) is 0 Å². The molecule has 1 aromatic rings. The van der Waals surface area contributed by atoms with Crippen LogP contribution in [0.3, 0.4) is 0 Å². The number of carbonyl (C=O) groups is 1. The fourth-order valence-corrected chi connectivity index (χ4v) is 4.20. The summed E-state index contributed by atoms with van der Waals surface area (Å²) in [5.74, 6) is 0.405. The van der Waals surface area contributed by atoms with Crippen LogP contribution < -0.4 is 14.2 Å². The Morgan fingerprint density at radius 3 is 2.05 bits per heavy atom. The second-order valence-corrected chi connectivity index (χ2v) is 7.11. The zero-order valence-corrected chi connectivity index (χ0v) is 13.0. The minimum Gasteiger partial charge on any atom is -0.493 e. The van der Waals surface area contributed by atoms with Gasteiger partial charge in [-0.15, -0.1) is 0 Å². The largest absolute Gasteiger partial charge is 0.493 e. The molecule has 0 spiro atoms. The van der Waals surface area contributed by atoms with Crippen molar-refractivity contribution in [2.75, 3.05) is 32.8 Å². The van der Waals surface area contributed by atoms with Crippen molar-refractivity contribution in [1.29, 1.82) is 0 Å². The fourth-order valence-electron chi connectivity index (χ4n) is 2.46. The molecule has 0 aromatic heterocycles. The lowest BCUT2D eigenvalue weighted by molar-refractivity contribution is 0.0932. The van der Waals surface area contributed by atoms with E-state index in [-0.39, 0.29) is 17.3 Å². The van der Waals surface area contributed by atoms with E-state index in [1.54, 1.807) is 12.1 Å². The summed E-state index contributed by atoms with van der Waals surface area (Å²) in [6.07, 6.45) is 0.359. The van der Waals surface area contributed by atoms with Crippen molar-refractivity contribution >= 4 is 15.6 Å². The van der Waals surface area contributed by atoms with E-state index in [1.165, 1.54) is 21.3 Å². The molecule has 1 aromatic carbocycles. The van der Waals surface area contributed by atoms with Crippen molar-refractivity contribution in [2.24, 2.45) is 5.92 Å². The molecule has 0 N–H and O–H groups in total. The number of rotatable bonds is 5. The third-order valence-electron chi connectivity index (χ3n) is 3.55. The standard InChI is InChI=1S/C14H18O6S/c1-18-11-6-10(7-12(19-2)14(11)20-3)13(15)9-4-5-21(16,17)8-9/h6-7,9H,4-5,8H2,1-3H3. The Hall–Kier alpha value is -1.76. The number of ether oxygens (including phenoxy) is 3. The van der Waals surface area contributed by atoms with Gasteiger partial charge in [-0.2, -0.15) is 0 Å². The summed E-state index contributed by atoms with van der Waals surface area (Å²) in [6, 6.07) is 3.10. The third-order valence-corrected chi connectivity index (χ3v) is 5.32. The van der Waals surface area contributed by atoms with Gasteiger partial charge in [0.1, 0.15) is 0 Å². The maximum Gasteiger partial charge on any atom is 0.203 e. The minimum absolute atomic E-state index is 0.0633. The van der Waals surface area contributed by atoms with Crippen LogP contribution in [0.1, 0.15) is 16.8 Å². The smallest absolute Gasteiger partial charge is 0.203 e.